The molecule has 0 fully saturated rings. The zero-order chi connectivity index (χ0) is 17.3. The number of fused-ring (bicyclic) bond motifs is 1. The lowest BCUT2D eigenvalue weighted by Crippen LogP contribution is -2.35. The first-order chi connectivity index (χ1) is 11.4. The van der Waals surface area contributed by atoms with Crippen molar-refractivity contribution in [3.63, 3.8) is 0 Å². The molecule has 0 radical (unpaired) electrons. The van der Waals surface area contributed by atoms with Crippen LogP contribution in [0.15, 0.2) is 24.3 Å². The van der Waals surface area contributed by atoms with Gasteiger partial charge in [0.05, 0.1) is 12.2 Å². The molecule has 0 atom stereocenters. The van der Waals surface area contributed by atoms with Gasteiger partial charge in [-0.05, 0) is 18.2 Å². The summed E-state index contributed by atoms with van der Waals surface area (Å²) in [5.41, 5.74) is 2.68. The maximum atomic E-state index is 12.8. The Morgan fingerprint density at radius 1 is 1.33 bits per heavy atom. The third kappa shape index (κ3) is 3.41. The van der Waals surface area contributed by atoms with Crippen molar-refractivity contribution in [2.24, 2.45) is 0 Å². The highest BCUT2D eigenvalue weighted by atomic mass is 32.1. The molecule has 2 amide bonds. The van der Waals surface area contributed by atoms with Crippen LogP contribution in [0.25, 0.3) is 0 Å². The van der Waals surface area contributed by atoms with Crippen molar-refractivity contribution >= 4 is 34.0 Å². The van der Waals surface area contributed by atoms with Crippen LogP contribution in [0.4, 0.5) is 10.8 Å². The molecule has 0 unspecified atom stereocenters. The van der Waals surface area contributed by atoms with Gasteiger partial charge in [-0.2, -0.15) is 0 Å². The number of carbonyl (C=O) groups excluding carboxylic acids is 2. The molecule has 7 heteroatoms. The first-order valence-electron chi connectivity index (χ1n) is 7.77. The van der Waals surface area contributed by atoms with Crippen LogP contribution in [-0.2, 0) is 17.8 Å². The Morgan fingerprint density at radius 3 is 2.83 bits per heavy atom. The lowest BCUT2D eigenvalue weighted by Gasteiger charge is -2.26. The zero-order valence-corrected chi connectivity index (χ0v) is 14.8. The van der Waals surface area contributed by atoms with Crippen LogP contribution >= 0.6 is 11.3 Å². The Kier molecular flexibility index (Phi) is 4.53. The van der Waals surface area contributed by atoms with Gasteiger partial charge in [-0.3, -0.25) is 9.59 Å². The van der Waals surface area contributed by atoms with Crippen molar-refractivity contribution in [3.05, 3.63) is 40.4 Å². The van der Waals surface area contributed by atoms with E-state index in [4.69, 9.17) is 0 Å². The van der Waals surface area contributed by atoms with Gasteiger partial charge in [-0.15, -0.1) is 0 Å². The van der Waals surface area contributed by atoms with E-state index in [0.29, 0.717) is 30.2 Å². The van der Waals surface area contributed by atoms with Crippen molar-refractivity contribution in [1.29, 1.82) is 0 Å². The standard InChI is InChI=1S/C17H20N4O2S/c1-11(22)18-17-19-14-7-8-21(10-15(14)24-17)16(23)12-5-4-6-13(9-12)20(2)3/h4-6,9H,7-8,10H2,1-3H3,(H,18,19,22). The summed E-state index contributed by atoms with van der Waals surface area (Å²) in [4.78, 5) is 33.2. The summed E-state index contributed by atoms with van der Waals surface area (Å²) in [7, 11) is 3.91. The summed E-state index contributed by atoms with van der Waals surface area (Å²) >= 11 is 1.44. The van der Waals surface area contributed by atoms with E-state index in [0.717, 1.165) is 16.3 Å². The number of hydrogen-bond acceptors (Lipinski definition) is 5. The smallest absolute Gasteiger partial charge is 0.254 e. The minimum absolute atomic E-state index is 0.0267. The Bertz CT molecular complexity index is 785. The minimum atomic E-state index is -0.130. The van der Waals surface area contributed by atoms with Crippen LogP contribution in [0.1, 0.15) is 27.9 Å². The zero-order valence-electron chi connectivity index (χ0n) is 14.0. The summed E-state index contributed by atoms with van der Waals surface area (Å²) < 4.78 is 0. The van der Waals surface area contributed by atoms with Crippen molar-refractivity contribution in [3.8, 4) is 0 Å². The number of nitrogens with zero attached hydrogens (tertiary/aromatic N) is 3. The van der Waals surface area contributed by atoms with Crippen LogP contribution < -0.4 is 10.2 Å². The molecule has 2 heterocycles. The molecule has 1 aliphatic rings. The third-order valence-electron chi connectivity index (χ3n) is 3.91. The molecule has 0 spiro atoms. The molecule has 1 aromatic carbocycles. The van der Waals surface area contributed by atoms with Crippen LogP contribution in [-0.4, -0.2) is 42.3 Å². The second-order valence-corrected chi connectivity index (χ2v) is 7.08. The molecule has 1 aromatic heterocycles. The van der Waals surface area contributed by atoms with Crippen molar-refractivity contribution < 1.29 is 9.59 Å². The average molecular weight is 344 g/mol. The van der Waals surface area contributed by atoms with Gasteiger partial charge in [-0.1, -0.05) is 17.4 Å². The first-order valence-corrected chi connectivity index (χ1v) is 8.58. The number of carbonyl (C=O) groups is 2. The average Bonchev–Trinajstić information content (AvgIpc) is 2.94. The number of hydrogen-bond donors (Lipinski definition) is 1. The van der Waals surface area contributed by atoms with E-state index in [1.807, 2.05) is 48.2 Å². The summed E-state index contributed by atoms with van der Waals surface area (Å²) in [6, 6.07) is 7.64. The summed E-state index contributed by atoms with van der Waals surface area (Å²) in [6.07, 6.45) is 0.713. The molecule has 1 N–H and O–H groups in total. The Balaban J connectivity index is 1.77. The number of anilines is 2. The molecule has 0 saturated heterocycles. The summed E-state index contributed by atoms with van der Waals surface area (Å²) in [6.45, 7) is 2.65. The van der Waals surface area contributed by atoms with Crippen molar-refractivity contribution in [2.75, 3.05) is 30.9 Å². The lowest BCUT2D eigenvalue weighted by molar-refractivity contribution is -0.114. The van der Waals surface area contributed by atoms with Crippen molar-refractivity contribution in [2.45, 2.75) is 19.9 Å². The van der Waals surface area contributed by atoms with Crippen LogP contribution in [0.5, 0.6) is 0 Å². The highest BCUT2D eigenvalue weighted by molar-refractivity contribution is 7.15. The van der Waals surface area contributed by atoms with E-state index in [2.05, 4.69) is 10.3 Å². The van der Waals surface area contributed by atoms with Gasteiger partial charge in [-0.25, -0.2) is 4.98 Å². The molecule has 0 aliphatic carbocycles. The fourth-order valence-corrected chi connectivity index (χ4v) is 3.74. The number of thiazole rings is 1. The molecule has 126 valence electrons. The first kappa shape index (κ1) is 16.4. The quantitative estimate of drug-likeness (QED) is 0.928. The Hall–Kier alpha value is -2.41. The second kappa shape index (κ2) is 6.60. The largest absolute Gasteiger partial charge is 0.378 e. The van der Waals surface area contributed by atoms with E-state index in [1.165, 1.54) is 18.3 Å². The van der Waals surface area contributed by atoms with Crippen LogP contribution in [0.3, 0.4) is 0 Å². The van der Waals surface area contributed by atoms with Gasteiger partial charge < -0.3 is 15.1 Å². The topological polar surface area (TPSA) is 65.5 Å². The molecule has 24 heavy (non-hydrogen) atoms. The maximum Gasteiger partial charge on any atom is 0.254 e. The monoisotopic (exact) mass is 344 g/mol. The maximum absolute atomic E-state index is 12.8. The van der Waals surface area contributed by atoms with E-state index in [1.54, 1.807) is 0 Å². The molecule has 3 rings (SSSR count). The number of nitrogens with one attached hydrogen (secondary N) is 1. The minimum Gasteiger partial charge on any atom is -0.378 e. The number of rotatable bonds is 3. The van der Waals surface area contributed by atoms with Crippen molar-refractivity contribution in [1.82, 2.24) is 9.88 Å². The number of aromatic nitrogens is 1. The predicted octanol–water partition coefficient (Wildman–Crippen LogP) is 2.37. The highest BCUT2D eigenvalue weighted by Crippen LogP contribution is 2.29. The lowest BCUT2D eigenvalue weighted by atomic mass is 10.1. The second-order valence-electron chi connectivity index (χ2n) is 5.99. The molecular weight excluding hydrogens is 324 g/mol. The van der Waals surface area contributed by atoms with Gasteiger partial charge >= 0.3 is 0 Å². The fraction of sp³-hybridized carbons (Fsp3) is 0.353. The molecule has 1 aliphatic heterocycles. The fourth-order valence-electron chi connectivity index (χ4n) is 2.67. The molecule has 0 bridgehead atoms. The number of amides is 2. The van der Waals surface area contributed by atoms with E-state index in [-0.39, 0.29) is 11.8 Å². The summed E-state index contributed by atoms with van der Waals surface area (Å²) in [5.74, 6) is -0.103. The highest BCUT2D eigenvalue weighted by Gasteiger charge is 2.25. The Labute approximate surface area is 145 Å². The van der Waals surface area contributed by atoms with Crippen LogP contribution in [0.2, 0.25) is 0 Å². The van der Waals surface area contributed by atoms with Gasteiger partial charge in [0.2, 0.25) is 5.91 Å². The molecular formula is C17H20N4O2S. The Morgan fingerprint density at radius 2 is 2.12 bits per heavy atom. The summed E-state index contributed by atoms with van der Waals surface area (Å²) in [5, 5.41) is 3.32. The van der Waals surface area contributed by atoms with Crippen LogP contribution in [0, 0.1) is 0 Å². The molecule has 0 saturated carbocycles. The molecule has 2 aromatic rings. The number of benzene rings is 1. The van der Waals surface area contributed by atoms with E-state index in [9.17, 15) is 9.59 Å². The third-order valence-corrected chi connectivity index (χ3v) is 4.91. The van der Waals surface area contributed by atoms with Gasteiger partial charge in [0.25, 0.3) is 5.91 Å². The molecule has 6 nitrogen and oxygen atoms in total. The van der Waals surface area contributed by atoms with Gasteiger partial charge in [0, 0.05) is 50.1 Å². The van der Waals surface area contributed by atoms with E-state index >= 15 is 0 Å². The van der Waals surface area contributed by atoms with E-state index < -0.39 is 0 Å². The normalized spacial score (nSPS) is 13.4. The SMILES string of the molecule is CC(=O)Nc1nc2c(s1)CN(C(=O)c1cccc(N(C)C)c1)CC2. The predicted molar refractivity (Wildman–Crippen MR) is 95.6 cm³/mol. The van der Waals surface area contributed by atoms with Gasteiger partial charge in [0.15, 0.2) is 5.13 Å². The van der Waals surface area contributed by atoms with Gasteiger partial charge in [0.1, 0.15) is 0 Å².